The number of para-hydroxylation sites is 1. The van der Waals surface area contributed by atoms with E-state index in [4.69, 9.17) is 4.42 Å². The van der Waals surface area contributed by atoms with Crippen molar-refractivity contribution in [3.63, 3.8) is 0 Å². The molecule has 0 unspecified atom stereocenters. The van der Waals surface area contributed by atoms with Gasteiger partial charge in [0.15, 0.2) is 0 Å². The Labute approximate surface area is 327 Å². The SMILES string of the molecule is c1ccc(-c2cccc(N(c3ccc(-c4ccc5oc6ccccc6c5c4)cc3)c3cccc(-c4ccccc4)c3-c3ccccc3-c3ccccc3)c2)cc1. The number of benzene rings is 9. The first kappa shape index (κ1) is 33.2. The summed E-state index contributed by atoms with van der Waals surface area (Å²) >= 11 is 0. The van der Waals surface area contributed by atoms with Gasteiger partial charge < -0.3 is 9.32 Å². The van der Waals surface area contributed by atoms with Gasteiger partial charge in [0.05, 0.1) is 5.69 Å². The first-order chi connectivity index (χ1) is 27.8. The van der Waals surface area contributed by atoms with E-state index in [-0.39, 0.29) is 0 Å². The van der Waals surface area contributed by atoms with Crippen LogP contribution in [0.25, 0.3) is 77.6 Å². The zero-order chi connectivity index (χ0) is 37.3. The lowest BCUT2D eigenvalue weighted by Gasteiger charge is -2.30. The molecule has 10 aromatic rings. The third kappa shape index (κ3) is 6.14. The van der Waals surface area contributed by atoms with Crippen molar-refractivity contribution in [2.75, 3.05) is 4.90 Å². The third-order valence-electron chi connectivity index (χ3n) is 10.7. The van der Waals surface area contributed by atoms with Gasteiger partial charge >= 0.3 is 0 Å². The minimum Gasteiger partial charge on any atom is -0.456 e. The summed E-state index contributed by atoms with van der Waals surface area (Å²) in [7, 11) is 0. The van der Waals surface area contributed by atoms with Crippen molar-refractivity contribution in [3.05, 3.63) is 224 Å². The Morgan fingerprint density at radius 2 is 0.804 bits per heavy atom. The minimum absolute atomic E-state index is 0.901. The van der Waals surface area contributed by atoms with Crippen molar-refractivity contribution in [2.45, 2.75) is 0 Å². The average molecular weight is 716 g/mol. The number of rotatable bonds is 8. The van der Waals surface area contributed by atoms with E-state index in [0.717, 1.165) is 55.7 Å². The van der Waals surface area contributed by atoms with Crippen LogP contribution in [-0.2, 0) is 0 Å². The number of fused-ring (bicyclic) bond motifs is 3. The number of furan rings is 1. The molecule has 2 nitrogen and oxygen atoms in total. The van der Waals surface area contributed by atoms with E-state index in [1.165, 1.54) is 38.9 Å². The van der Waals surface area contributed by atoms with Crippen LogP contribution in [0.1, 0.15) is 0 Å². The summed E-state index contributed by atoms with van der Waals surface area (Å²) in [6, 6.07) is 80.3. The van der Waals surface area contributed by atoms with Gasteiger partial charge in [-0.1, -0.05) is 176 Å². The van der Waals surface area contributed by atoms with E-state index < -0.39 is 0 Å². The Balaban J connectivity index is 1.19. The van der Waals surface area contributed by atoms with E-state index >= 15 is 0 Å². The van der Waals surface area contributed by atoms with Crippen molar-refractivity contribution >= 4 is 39.0 Å². The van der Waals surface area contributed by atoms with Gasteiger partial charge in [-0.15, -0.1) is 0 Å². The minimum atomic E-state index is 0.901. The Morgan fingerprint density at radius 3 is 1.55 bits per heavy atom. The number of anilines is 3. The van der Waals surface area contributed by atoms with Crippen LogP contribution in [0.2, 0.25) is 0 Å². The molecule has 2 heteroatoms. The monoisotopic (exact) mass is 715 g/mol. The van der Waals surface area contributed by atoms with Gasteiger partial charge in [0.1, 0.15) is 11.2 Å². The maximum Gasteiger partial charge on any atom is 0.135 e. The van der Waals surface area contributed by atoms with E-state index in [1.807, 2.05) is 12.1 Å². The summed E-state index contributed by atoms with van der Waals surface area (Å²) in [4.78, 5) is 2.42. The van der Waals surface area contributed by atoms with E-state index in [0.29, 0.717) is 0 Å². The maximum atomic E-state index is 6.15. The summed E-state index contributed by atoms with van der Waals surface area (Å²) < 4.78 is 6.15. The Bertz CT molecular complexity index is 2950. The lowest BCUT2D eigenvalue weighted by atomic mass is 9.87. The van der Waals surface area contributed by atoms with Gasteiger partial charge in [0, 0.05) is 27.7 Å². The predicted molar refractivity (Wildman–Crippen MR) is 236 cm³/mol. The van der Waals surface area contributed by atoms with Crippen LogP contribution in [0.15, 0.2) is 229 Å². The summed E-state index contributed by atoms with van der Waals surface area (Å²) in [6.07, 6.45) is 0. The Kier molecular flexibility index (Phi) is 8.55. The van der Waals surface area contributed by atoms with Crippen LogP contribution in [-0.4, -0.2) is 0 Å². The van der Waals surface area contributed by atoms with Crippen molar-refractivity contribution < 1.29 is 4.42 Å². The molecule has 1 heterocycles. The highest BCUT2D eigenvalue weighted by Gasteiger charge is 2.23. The Hall–Kier alpha value is -7.42. The summed E-state index contributed by atoms with van der Waals surface area (Å²) in [5.41, 5.74) is 16.7. The van der Waals surface area contributed by atoms with Crippen molar-refractivity contribution in [2.24, 2.45) is 0 Å². The summed E-state index contributed by atoms with van der Waals surface area (Å²) in [6.45, 7) is 0. The predicted octanol–water partition coefficient (Wildman–Crippen LogP) is 15.4. The molecule has 56 heavy (non-hydrogen) atoms. The summed E-state index contributed by atoms with van der Waals surface area (Å²) in [5.74, 6) is 0. The quantitative estimate of drug-likeness (QED) is 0.156. The summed E-state index contributed by atoms with van der Waals surface area (Å²) in [5, 5.41) is 2.26. The first-order valence-electron chi connectivity index (χ1n) is 19.1. The maximum absolute atomic E-state index is 6.15. The highest BCUT2D eigenvalue weighted by molar-refractivity contribution is 6.06. The topological polar surface area (TPSA) is 16.4 Å². The zero-order valence-corrected chi connectivity index (χ0v) is 30.7. The van der Waals surface area contributed by atoms with Gasteiger partial charge in [0.2, 0.25) is 0 Å². The molecule has 9 aromatic carbocycles. The molecule has 0 fully saturated rings. The van der Waals surface area contributed by atoms with Gasteiger partial charge in [0.25, 0.3) is 0 Å². The molecule has 0 aliphatic carbocycles. The van der Waals surface area contributed by atoms with Crippen LogP contribution in [0, 0.1) is 0 Å². The molecule has 0 aliphatic heterocycles. The van der Waals surface area contributed by atoms with E-state index in [1.54, 1.807) is 0 Å². The second-order valence-electron chi connectivity index (χ2n) is 14.1. The van der Waals surface area contributed by atoms with Gasteiger partial charge in [-0.2, -0.15) is 0 Å². The molecule has 264 valence electrons. The average Bonchev–Trinajstić information content (AvgIpc) is 3.66. The van der Waals surface area contributed by atoms with Crippen molar-refractivity contribution in [3.8, 4) is 55.6 Å². The molecule has 0 saturated heterocycles. The van der Waals surface area contributed by atoms with Crippen LogP contribution in [0.5, 0.6) is 0 Å². The second kappa shape index (κ2) is 14.4. The molecule has 0 radical (unpaired) electrons. The fourth-order valence-corrected chi connectivity index (χ4v) is 8.03. The molecular weight excluding hydrogens is 679 g/mol. The highest BCUT2D eigenvalue weighted by Crippen LogP contribution is 2.48. The van der Waals surface area contributed by atoms with Gasteiger partial charge in [-0.05, 0) is 98.6 Å². The molecule has 0 saturated carbocycles. The normalized spacial score (nSPS) is 11.2. The Morgan fingerprint density at radius 1 is 0.286 bits per heavy atom. The lowest BCUT2D eigenvalue weighted by Crippen LogP contribution is -2.12. The molecule has 0 atom stereocenters. The second-order valence-corrected chi connectivity index (χ2v) is 14.1. The van der Waals surface area contributed by atoms with E-state index in [9.17, 15) is 0 Å². The molecule has 0 bridgehead atoms. The third-order valence-corrected chi connectivity index (χ3v) is 10.7. The molecule has 0 amide bonds. The number of hydrogen-bond donors (Lipinski definition) is 0. The zero-order valence-electron chi connectivity index (χ0n) is 30.7. The number of hydrogen-bond acceptors (Lipinski definition) is 2. The van der Waals surface area contributed by atoms with E-state index in [2.05, 4.69) is 217 Å². The van der Waals surface area contributed by atoms with Crippen LogP contribution in [0.3, 0.4) is 0 Å². The smallest absolute Gasteiger partial charge is 0.135 e. The molecule has 0 N–H and O–H groups in total. The molecule has 10 rings (SSSR count). The van der Waals surface area contributed by atoms with Crippen molar-refractivity contribution in [1.29, 1.82) is 0 Å². The fraction of sp³-hybridized carbons (Fsp3) is 0. The highest BCUT2D eigenvalue weighted by atomic mass is 16.3. The standard InChI is InChI=1S/C54H37NO/c1-4-16-38(17-5-1)42-22-14-23-45(36-42)55(44-33-30-39(31-34-44)43-32-35-53-50(37-43)48-25-12-13-29-52(48)56-53)51-28-15-27-47(41-20-8-3-9-21-41)54(51)49-26-11-10-24-46(49)40-18-6-2-7-19-40/h1-37H. The molecule has 0 aliphatic rings. The molecule has 1 aromatic heterocycles. The van der Waals surface area contributed by atoms with Gasteiger partial charge in [-0.3, -0.25) is 0 Å². The van der Waals surface area contributed by atoms with Crippen LogP contribution < -0.4 is 4.90 Å². The lowest BCUT2D eigenvalue weighted by molar-refractivity contribution is 0.669. The largest absolute Gasteiger partial charge is 0.456 e. The van der Waals surface area contributed by atoms with Crippen molar-refractivity contribution in [1.82, 2.24) is 0 Å². The van der Waals surface area contributed by atoms with Crippen LogP contribution in [0.4, 0.5) is 17.1 Å². The number of nitrogens with zero attached hydrogens (tertiary/aromatic N) is 1. The molecule has 0 spiro atoms. The molecular formula is C54H37NO. The first-order valence-corrected chi connectivity index (χ1v) is 19.1. The van der Waals surface area contributed by atoms with Gasteiger partial charge in [-0.25, -0.2) is 0 Å². The van der Waals surface area contributed by atoms with Crippen LogP contribution >= 0.6 is 0 Å². The fourth-order valence-electron chi connectivity index (χ4n) is 8.03.